The fraction of sp³-hybridized carbons (Fsp3) is 0.722. The number of furan rings is 1. The molecule has 5 nitrogen and oxygen atoms in total. The van der Waals surface area contributed by atoms with Crippen LogP contribution < -0.4 is 0 Å². The number of rotatable bonds is 4. The van der Waals surface area contributed by atoms with E-state index in [1.807, 2.05) is 12.3 Å². The third kappa shape index (κ3) is 3.17. The normalized spacial score (nSPS) is 29.9. The molecule has 0 bridgehead atoms. The summed E-state index contributed by atoms with van der Waals surface area (Å²) < 4.78 is 10.7. The summed E-state index contributed by atoms with van der Waals surface area (Å²) in [5.74, 6) is 0.984. The smallest absolute Gasteiger partial charge is 0.222 e. The van der Waals surface area contributed by atoms with Crippen LogP contribution in [-0.2, 0) is 16.1 Å². The molecule has 4 rings (SSSR count). The molecule has 0 spiro atoms. The van der Waals surface area contributed by atoms with Crippen LogP contribution in [0.5, 0.6) is 0 Å². The van der Waals surface area contributed by atoms with E-state index in [9.17, 15) is 4.79 Å². The first-order valence-corrected chi connectivity index (χ1v) is 8.93. The molecule has 2 atom stereocenters. The maximum Gasteiger partial charge on any atom is 0.222 e. The van der Waals surface area contributed by atoms with Crippen LogP contribution in [0.2, 0.25) is 0 Å². The fourth-order valence-corrected chi connectivity index (χ4v) is 4.50. The molecule has 3 saturated heterocycles. The number of nitrogens with zero attached hydrogens (tertiary/aromatic N) is 2. The number of fused-ring (bicyclic) bond motifs is 1. The second-order valence-electron chi connectivity index (χ2n) is 7.17. The van der Waals surface area contributed by atoms with Crippen LogP contribution in [0.3, 0.4) is 0 Å². The number of piperidine rings is 1. The summed E-state index contributed by atoms with van der Waals surface area (Å²) in [4.78, 5) is 17.2. The van der Waals surface area contributed by atoms with Gasteiger partial charge in [0, 0.05) is 56.9 Å². The standard InChI is InChI=1S/C18H26N2O3/c21-18-2-1-16-17(20(18)12-14-4-8-22-9-5-14)3-7-19(16)11-15-6-10-23-13-15/h6,10,13-14,16-17H,1-5,7-9,11-12H2/t16-,17-/m0/s1. The Hall–Kier alpha value is -1.33. The zero-order valence-electron chi connectivity index (χ0n) is 13.7. The van der Waals surface area contributed by atoms with E-state index in [-0.39, 0.29) is 0 Å². The van der Waals surface area contributed by atoms with Crippen LogP contribution in [0, 0.1) is 5.92 Å². The van der Waals surface area contributed by atoms with Crippen molar-refractivity contribution in [3.63, 3.8) is 0 Å². The van der Waals surface area contributed by atoms with Gasteiger partial charge in [0.15, 0.2) is 0 Å². The van der Waals surface area contributed by atoms with E-state index in [1.54, 1.807) is 6.26 Å². The van der Waals surface area contributed by atoms with Gasteiger partial charge in [-0.05, 0) is 37.7 Å². The molecule has 23 heavy (non-hydrogen) atoms. The van der Waals surface area contributed by atoms with Crippen molar-refractivity contribution in [3.8, 4) is 0 Å². The van der Waals surface area contributed by atoms with E-state index in [4.69, 9.17) is 9.15 Å². The highest BCUT2D eigenvalue weighted by atomic mass is 16.5. The third-order valence-electron chi connectivity index (χ3n) is 5.76. The average molecular weight is 318 g/mol. The number of carbonyl (C=O) groups excluding carboxylic acids is 1. The molecule has 1 aromatic rings. The molecule has 4 heterocycles. The quantitative estimate of drug-likeness (QED) is 0.854. The maximum atomic E-state index is 12.5. The molecule has 5 heteroatoms. The zero-order chi connectivity index (χ0) is 15.6. The van der Waals surface area contributed by atoms with Gasteiger partial charge in [0.05, 0.1) is 12.5 Å². The highest BCUT2D eigenvalue weighted by Gasteiger charge is 2.43. The van der Waals surface area contributed by atoms with Crippen LogP contribution in [0.15, 0.2) is 23.0 Å². The van der Waals surface area contributed by atoms with Crippen LogP contribution in [0.4, 0.5) is 0 Å². The third-order valence-corrected chi connectivity index (χ3v) is 5.76. The second kappa shape index (κ2) is 6.65. The Morgan fingerprint density at radius 2 is 2.00 bits per heavy atom. The Labute approximate surface area is 137 Å². The lowest BCUT2D eigenvalue weighted by atomic mass is 9.92. The topological polar surface area (TPSA) is 45.9 Å². The van der Waals surface area contributed by atoms with Crippen molar-refractivity contribution in [2.75, 3.05) is 26.3 Å². The van der Waals surface area contributed by atoms with Gasteiger partial charge in [-0.15, -0.1) is 0 Å². The Morgan fingerprint density at radius 3 is 2.78 bits per heavy atom. The van der Waals surface area contributed by atoms with Gasteiger partial charge in [-0.3, -0.25) is 9.69 Å². The molecule has 0 unspecified atom stereocenters. The summed E-state index contributed by atoms with van der Waals surface area (Å²) in [5.41, 5.74) is 1.23. The molecule has 126 valence electrons. The molecular formula is C18H26N2O3. The zero-order valence-corrected chi connectivity index (χ0v) is 13.7. The van der Waals surface area contributed by atoms with Gasteiger partial charge < -0.3 is 14.1 Å². The minimum absolute atomic E-state index is 0.364. The predicted octanol–water partition coefficient (Wildman–Crippen LogP) is 2.27. The fourth-order valence-electron chi connectivity index (χ4n) is 4.50. The van der Waals surface area contributed by atoms with Crippen molar-refractivity contribution in [1.29, 1.82) is 0 Å². The summed E-state index contributed by atoms with van der Waals surface area (Å²) in [5, 5.41) is 0. The highest BCUT2D eigenvalue weighted by Crippen LogP contribution is 2.33. The summed E-state index contributed by atoms with van der Waals surface area (Å²) in [6.07, 6.45) is 8.58. The molecule has 0 aliphatic carbocycles. The summed E-state index contributed by atoms with van der Waals surface area (Å²) >= 11 is 0. The number of carbonyl (C=O) groups is 1. The molecule has 3 aliphatic heterocycles. The molecule has 1 aromatic heterocycles. The van der Waals surface area contributed by atoms with Crippen LogP contribution >= 0.6 is 0 Å². The molecule has 0 radical (unpaired) electrons. The van der Waals surface area contributed by atoms with E-state index >= 15 is 0 Å². The monoisotopic (exact) mass is 318 g/mol. The van der Waals surface area contributed by atoms with Gasteiger partial charge >= 0.3 is 0 Å². The van der Waals surface area contributed by atoms with Crippen molar-refractivity contribution in [2.45, 2.75) is 50.7 Å². The van der Waals surface area contributed by atoms with Gasteiger partial charge in [0.1, 0.15) is 0 Å². The summed E-state index contributed by atoms with van der Waals surface area (Å²) in [6.45, 7) is 4.67. The van der Waals surface area contributed by atoms with Gasteiger partial charge in [-0.2, -0.15) is 0 Å². The van der Waals surface area contributed by atoms with Crippen LogP contribution in [-0.4, -0.2) is 54.1 Å². The lowest BCUT2D eigenvalue weighted by Gasteiger charge is -2.42. The van der Waals surface area contributed by atoms with Gasteiger partial charge in [-0.25, -0.2) is 0 Å². The lowest BCUT2D eigenvalue weighted by Crippen LogP contribution is -2.53. The number of hydrogen-bond donors (Lipinski definition) is 0. The minimum Gasteiger partial charge on any atom is -0.472 e. The lowest BCUT2D eigenvalue weighted by molar-refractivity contribution is -0.139. The maximum absolute atomic E-state index is 12.5. The molecule has 0 N–H and O–H groups in total. The second-order valence-corrected chi connectivity index (χ2v) is 7.17. The van der Waals surface area contributed by atoms with Crippen molar-refractivity contribution in [2.24, 2.45) is 5.92 Å². The number of hydrogen-bond acceptors (Lipinski definition) is 4. The highest BCUT2D eigenvalue weighted by molar-refractivity contribution is 5.77. The predicted molar refractivity (Wildman–Crippen MR) is 85.8 cm³/mol. The summed E-state index contributed by atoms with van der Waals surface area (Å²) in [7, 11) is 0. The Bertz CT molecular complexity index is 524. The number of amides is 1. The average Bonchev–Trinajstić information content (AvgIpc) is 3.22. The van der Waals surface area contributed by atoms with Crippen LogP contribution in [0.1, 0.15) is 37.7 Å². The van der Waals surface area contributed by atoms with Crippen molar-refractivity contribution in [3.05, 3.63) is 24.2 Å². The number of likely N-dealkylation sites (tertiary alicyclic amines) is 2. The molecule has 3 aliphatic rings. The largest absolute Gasteiger partial charge is 0.472 e. The first kappa shape index (κ1) is 15.2. The molecule has 0 saturated carbocycles. The summed E-state index contributed by atoms with van der Waals surface area (Å²) in [6, 6.07) is 2.97. The van der Waals surface area contributed by atoms with Crippen LogP contribution in [0.25, 0.3) is 0 Å². The first-order chi connectivity index (χ1) is 11.3. The van der Waals surface area contributed by atoms with E-state index in [1.165, 1.54) is 5.56 Å². The minimum atomic E-state index is 0.364. The Morgan fingerprint density at radius 1 is 1.13 bits per heavy atom. The van der Waals surface area contributed by atoms with Gasteiger partial charge in [-0.1, -0.05) is 0 Å². The SMILES string of the molecule is O=C1CC[C@H]2[C@H](CCN2Cc2ccoc2)N1CC1CCOCC1. The Kier molecular flexibility index (Phi) is 4.40. The van der Waals surface area contributed by atoms with E-state index in [0.717, 1.165) is 58.5 Å². The van der Waals surface area contributed by atoms with Gasteiger partial charge in [0.2, 0.25) is 5.91 Å². The van der Waals surface area contributed by atoms with E-state index in [0.29, 0.717) is 30.3 Å². The number of ether oxygens (including phenoxy) is 1. The van der Waals surface area contributed by atoms with Gasteiger partial charge in [0.25, 0.3) is 0 Å². The molecule has 1 amide bonds. The van der Waals surface area contributed by atoms with E-state index < -0.39 is 0 Å². The van der Waals surface area contributed by atoms with Crippen molar-refractivity contribution >= 4 is 5.91 Å². The van der Waals surface area contributed by atoms with Crippen molar-refractivity contribution in [1.82, 2.24) is 9.80 Å². The molecule has 0 aromatic carbocycles. The molecule has 3 fully saturated rings. The first-order valence-electron chi connectivity index (χ1n) is 8.93. The molecular weight excluding hydrogens is 292 g/mol. The van der Waals surface area contributed by atoms with Crippen molar-refractivity contribution < 1.29 is 13.9 Å². The Balaban J connectivity index is 1.42. The van der Waals surface area contributed by atoms with E-state index in [2.05, 4.69) is 9.80 Å².